The molecule has 0 amide bonds. The summed E-state index contributed by atoms with van der Waals surface area (Å²) in [6, 6.07) is 0. The molecule has 3 heteroatoms. The molecule has 2 nitrogen and oxygen atoms in total. The normalized spacial score (nSPS) is 12.8. The smallest absolute Gasteiger partial charge is 0.461 e. The monoisotopic (exact) mass is 341 g/mol. The lowest BCUT2D eigenvalue weighted by Crippen LogP contribution is -2.40. The first-order valence-electron chi connectivity index (χ1n) is 10.6. The maximum absolute atomic E-state index is 6.64. The van der Waals surface area contributed by atoms with Gasteiger partial charge in [0.15, 0.2) is 0 Å². The van der Waals surface area contributed by atoms with Gasteiger partial charge < -0.3 is 3.79 Å². The predicted octanol–water partition coefficient (Wildman–Crippen LogP) is 6.62. The van der Waals surface area contributed by atoms with Crippen molar-refractivity contribution in [2.45, 2.75) is 116 Å². The van der Waals surface area contributed by atoms with Crippen LogP contribution in [0.15, 0.2) is 0 Å². The van der Waals surface area contributed by atoms with E-state index in [4.69, 9.17) is 3.79 Å². The maximum Gasteiger partial charge on any atom is 0.461 e. The minimum absolute atomic E-state index is 0.337. The van der Waals surface area contributed by atoms with Crippen LogP contribution in [0.2, 0.25) is 10.6 Å². The molecule has 0 bridgehead atoms. The van der Waals surface area contributed by atoms with Gasteiger partial charge in [-0.25, -0.2) is 0 Å². The molecule has 0 heterocycles. The first kappa shape index (κ1) is 23.5. The van der Waals surface area contributed by atoms with Crippen LogP contribution in [0.4, 0.5) is 0 Å². The lowest BCUT2D eigenvalue weighted by atomic mass is 10.2. The van der Waals surface area contributed by atoms with Gasteiger partial charge in [-0.05, 0) is 19.8 Å². The van der Waals surface area contributed by atoms with Crippen LogP contribution >= 0.6 is 0 Å². The summed E-state index contributed by atoms with van der Waals surface area (Å²) in [5.41, 5.74) is 0. The second kappa shape index (κ2) is 17.3. The predicted molar refractivity (Wildman–Crippen MR) is 106 cm³/mol. The van der Waals surface area contributed by atoms with E-state index in [1.807, 2.05) is 0 Å². The molecule has 0 radical (unpaired) electrons. The molecule has 0 aliphatic heterocycles. The third-order valence-corrected chi connectivity index (χ3v) is 7.57. The molecule has 0 aromatic heterocycles. The summed E-state index contributed by atoms with van der Waals surface area (Å²) in [6.07, 6.45) is 13.8. The minimum atomic E-state index is -1.02. The Labute approximate surface area is 152 Å². The van der Waals surface area contributed by atoms with Crippen molar-refractivity contribution in [3.05, 3.63) is 0 Å². The minimum Gasteiger partial charge on any atom is -0.487 e. The fourth-order valence-electron chi connectivity index (χ4n) is 3.29. The molecule has 0 spiro atoms. The first-order valence-corrected chi connectivity index (χ1v) is 12.7. The summed E-state index contributed by atoms with van der Waals surface area (Å²) in [7, 11) is 0. The summed E-state index contributed by atoms with van der Waals surface area (Å²) in [4.78, 5) is 2.55. The van der Waals surface area contributed by atoms with Crippen molar-refractivity contribution in [2.75, 3.05) is 13.1 Å². The van der Waals surface area contributed by atoms with Gasteiger partial charge in [0, 0.05) is 13.1 Å². The number of rotatable bonds is 17. The van der Waals surface area contributed by atoms with E-state index in [0.717, 1.165) is 0 Å². The molecule has 0 aromatic rings. The van der Waals surface area contributed by atoms with Gasteiger partial charge in [-0.1, -0.05) is 89.6 Å². The lowest BCUT2D eigenvalue weighted by Gasteiger charge is -2.31. The Balaban J connectivity index is 4.31. The standard InChI is InChI=1S/C8H18NO.2C6H13.Al/c1-4-6-9(7-5-2)8(3)10;2*1-3-5-6-4-2;/h8H,4-7H2,1-3H3;2*1,3-6H2,2H3;/q-1;;;+1. The highest BCUT2D eigenvalue weighted by atomic mass is 27.2. The van der Waals surface area contributed by atoms with Gasteiger partial charge in [0.05, 0.1) is 6.23 Å². The number of hydrogen-bond donors (Lipinski definition) is 0. The van der Waals surface area contributed by atoms with Crippen molar-refractivity contribution in [3.8, 4) is 0 Å². The van der Waals surface area contributed by atoms with Crippen LogP contribution in [0.3, 0.4) is 0 Å². The fourth-order valence-corrected chi connectivity index (χ4v) is 6.07. The second-order valence-corrected chi connectivity index (χ2v) is 9.76. The van der Waals surface area contributed by atoms with Gasteiger partial charge in [-0.2, -0.15) is 0 Å². The molecule has 0 saturated heterocycles. The van der Waals surface area contributed by atoms with E-state index in [9.17, 15) is 0 Å². The zero-order valence-electron chi connectivity index (χ0n) is 16.9. The molecule has 138 valence electrons. The SMILES string of the molecule is CCCCC[CH2][Al]([CH2]CCCCC)[O]C(C)N(CCC)CCC. The molecular weight excluding hydrogens is 297 g/mol. The van der Waals surface area contributed by atoms with Crippen molar-refractivity contribution in [2.24, 2.45) is 0 Å². The van der Waals surface area contributed by atoms with Crippen molar-refractivity contribution in [1.82, 2.24) is 4.90 Å². The van der Waals surface area contributed by atoms with E-state index in [2.05, 4.69) is 39.5 Å². The van der Waals surface area contributed by atoms with E-state index in [1.54, 1.807) is 0 Å². The van der Waals surface area contributed by atoms with Crippen LogP contribution in [-0.4, -0.2) is 38.7 Å². The van der Waals surface area contributed by atoms with E-state index >= 15 is 0 Å². The van der Waals surface area contributed by atoms with Gasteiger partial charge in [0.1, 0.15) is 0 Å². The molecule has 0 saturated carbocycles. The van der Waals surface area contributed by atoms with Gasteiger partial charge >= 0.3 is 14.5 Å². The highest BCUT2D eigenvalue weighted by molar-refractivity contribution is 6.51. The second-order valence-electron chi connectivity index (χ2n) is 7.09. The topological polar surface area (TPSA) is 12.5 Å². The van der Waals surface area contributed by atoms with Crippen LogP contribution < -0.4 is 0 Å². The van der Waals surface area contributed by atoms with Gasteiger partial charge in [0.2, 0.25) is 0 Å². The third kappa shape index (κ3) is 13.4. The molecule has 1 unspecified atom stereocenters. The maximum atomic E-state index is 6.64. The highest BCUT2D eigenvalue weighted by Crippen LogP contribution is 2.17. The number of hydrogen-bond acceptors (Lipinski definition) is 2. The van der Waals surface area contributed by atoms with Crippen molar-refractivity contribution >= 4 is 14.5 Å². The summed E-state index contributed by atoms with van der Waals surface area (Å²) in [5, 5.41) is 2.78. The zero-order valence-corrected chi connectivity index (χ0v) is 18.1. The van der Waals surface area contributed by atoms with E-state index in [1.165, 1.54) is 87.9 Å². The Morgan fingerprint density at radius 3 is 1.57 bits per heavy atom. The van der Waals surface area contributed by atoms with Gasteiger partial charge in [-0.15, -0.1) is 0 Å². The third-order valence-electron chi connectivity index (χ3n) is 4.68. The van der Waals surface area contributed by atoms with Crippen LogP contribution in [0.1, 0.15) is 98.8 Å². The van der Waals surface area contributed by atoms with Gasteiger partial charge in [-0.3, -0.25) is 4.90 Å². The summed E-state index contributed by atoms with van der Waals surface area (Å²) < 4.78 is 6.64. The molecule has 0 aliphatic carbocycles. The van der Waals surface area contributed by atoms with Crippen molar-refractivity contribution in [1.29, 1.82) is 0 Å². The Hall–Kier alpha value is 0.452. The molecular formula is C20H44AlNO. The molecule has 0 N–H and O–H groups in total. The Kier molecular flexibility index (Phi) is 17.6. The first-order chi connectivity index (χ1) is 11.2. The summed E-state index contributed by atoms with van der Waals surface area (Å²) >= 11 is -1.02. The van der Waals surface area contributed by atoms with E-state index in [-0.39, 0.29) is 0 Å². The van der Waals surface area contributed by atoms with Crippen molar-refractivity contribution < 1.29 is 3.79 Å². The molecule has 23 heavy (non-hydrogen) atoms. The number of nitrogens with zero attached hydrogens (tertiary/aromatic N) is 1. The lowest BCUT2D eigenvalue weighted by molar-refractivity contribution is 0.0364. The van der Waals surface area contributed by atoms with Crippen LogP contribution in [0, 0.1) is 0 Å². The molecule has 0 aromatic carbocycles. The average molecular weight is 342 g/mol. The Morgan fingerprint density at radius 1 is 0.696 bits per heavy atom. The van der Waals surface area contributed by atoms with Gasteiger partial charge in [0.25, 0.3) is 0 Å². The molecule has 0 aliphatic rings. The van der Waals surface area contributed by atoms with Crippen LogP contribution in [0.25, 0.3) is 0 Å². The molecule has 0 fully saturated rings. The fraction of sp³-hybridized carbons (Fsp3) is 1.00. The zero-order chi connectivity index (χ0) is 17.3. The average Bonchev–Trinajstić information content (AvgIpc) is 2.55. The van der Waals surface area contributed by atoms with Crippen LogP contribution in [0.5, 0.6) is 0 Å². The number of unbranched alkanes of at least 4 members (excludes halogenated alkanes) is 6. The van der Waals surface area contributed by atoms with E-state index < -0.39 is 14.5 Å². The largest absolute Gasteiger partial charge is 0.487 e. The quantitative estimate of drug-likeness (QED) is 0.167. The van der Waals surface area contributed by atoms with E-state index in [0.29, 0.717) is 6.23 Å². The van der Waals surface area contributed by atoms with Crippen LogP contribution in [-0.2, 0) is 3.79 Å². The summed E-state index contributed by atoms with van der Waals surface area (Å²) in [5.74, 6) is 0. The summed E-state index contributed by atoms with van der Waals surface area (Å²) in [6.45, 7) is 13.8. The van der Waals surface area contributed by atoms with Crippen molar-refractivity contribution in [3.63, 3.8) is 0 Å². The highest BCUT2D eigenvalue weighted by Gasteiger charge is 2.24. The Morgan fingerprint density at radius 2 is 1.17 bits per heavy atom. The molecule has 0 rings (SSSR count). The Bertz CT molecular complexity index is 220. The molecule has 1 atom stereocenters.